The normalized spacial score (nSPS) is 8.80. The van der Waals surface area contributed by atoms with Gasteiger partial charge in [0.1, 0.15) is 0 Å². The molecule has 50 valence electrons. The minimum atomic E-state index is 0.616. The van der Waals surface area contributed by atoms with Crippen molar-refractivity contribution in [2.24, 2.45) is 0 Å². The lowest BCUT2D eigenvalue weighted by molar-refractivity contribution is 1.02. The number of nitrogens with zero attached hydrogens (tertiary/aromatic N) is 2. The van der Waals surface area contributed by atoms with E-state index >= 15 is 0 Å². The van der Waals surface area contributed by atoms with Crippen LogP contribution in [-0.2, 0) is 0 Å². The molecule has 0 aromatic carbocycles. The number of rotatable bonds is 2. The lowest BCUT2D eigenvalue weighted by atomic mass is 10.2. The van der Waals surface area contributed by atoms with Crippen molar-refractivity contribution in [3.8, 4) is 0 Å². The van der Waals surface area contributed by atoms with E-state index in [0.717, 1.165) is 12.4 Å². The van der Waals surface area contributed by atoms with E-state index in [1.54, 1.807) is 0 Å². The van der Waals surface area contributed by atoms with E-state index in [0.29, 0.717) is 11.1 Å². The van der Waals surface area contributed by atoms with E-state index in [1.165, 1.54) is 12.4 Å². The fourth-order valence-electron chi connectivity index (χ4n) is 0.581. The van der Waals surface area contributed by atoms with Gasteiger partial charge in [0.25, 0.3) is 0 Å². The van der Waals surface area contributed by atoms with Crippen LogP contribution in [0.2, 0.25) is 0 Å². The molecule has 1 aromatic heterocycles. The maximum absolute atomic E-state index is 6.89. The van der Waals surface area contributed by atoms with Gasteiger partial charge in [-0.15, -0.1) is 0 Å². The summed E-state index contributed by atoms with van der Waals surface area (Å²) in [4.78, 5) is 0. The second kappa shape index (κ2) is 2.82. The molecule has 0 saturated heterocycles. The van der Waals surface area contributed by atoms with Crippen molar-refractivity contribution in [3.05, 3.63) is 23.5 Å². The zero-order chi connectivity index (χ0) is 7.40. The van der Waals surface area contributed by atoms with Crippen molar-refractivity contribution in [2.45, 2.75) is 0 Å². The predicted molar refractivity (Wildman–Crippen MR) is 37.8 cm³/mol. The molecule has 0 aliphatic rings. The van der Waals surface area contributed by atoms with E-state index in [-0.39, 0.29) is 0 Å². The van der Waals surface area contributed by atoms with E-state index in [1.807, 2.05) is 0 Å². The summed E-state index contributed by atoms with van der Waals surface area (Å²) in [6, 6.07) is 0. The largest absolute Gasteiger partial charge is 0.308 e. The summed E-state index contributed by atoms with van der Waals surface area (Å²) < 4.78 is 0. The van der Waals surface area contributed by atoms with E-state index < -0.39 is 0 Å². The van der Waals surface area contributed by atoms with Crippen molar-refractivity contribution >= 4 is 12.4 Å². The first kappa shape index (κ1) is 6.54. The highest BCUT2D eigenvalue weighted by atomic mass is 15.1. The first-order valence-electron chi connectivity index (χ1n) is 2.70. The maximum atomic E-state index is 6.89. The van der Waals surface area contributed by atoms with Gasteiger partial charge >= 0.3 is 0 Å². The second-order valence-corrected chi connectivity index (χ2v) is 1.69. The summed E-state index contributed by atoms with van der Waals surface area (Å²) in [7, 11) is 0. The van der Waals surface area contributed by atoms with E-state index in [4.69, 9.17) is 10.8 Å². The summed E-state index contributed by atoms with van der Waals surface area (Å²) in [6.45, 7) is 0. The molecule has 10 heavy (non-hydrogen) atoms. The molecule has 4 nitrogen and oxygen atoms in total. The summed E-state index contributed by atoms with van der Waals surface area (Å²) in [5.74, 6) is 0. The Morgan fingerprint density at radius 3 is 1.70 bits per heavy atom. The molecule has 4 heteroatoms. The molecule has 2 N–H and O–H groups in total. The fourth-order valence-corrected chi connectivity index (χ4v) is 0.581. The topological polar surface area (TPSA) is 73.5 Å². The van der Waals surface area contributed by atoms with Gasteiger partial charge in [0.2, 0.25) is 0 Å². The van der Waals surface area contributed by atoms with Gasteiger partial charge in [-0.05, 0) is 0 Å². The molecule has 0 aliphatic heterocycles. The van der Waals surface area contributed by atoms with Crippen molar-refractivity contribution < 1.29 is 0 Å². The molecule has 0 bridgehead atoms. The first-order chi connectivity index (χ1) is 4.88. The molecule has 0 amide bonds. The van der Waals surface area contributed by atoms with Crippen LogP contribution in [0, 0.1) is 10.8 Å². The zero-order valence-electron chi connectivity index (χ0n) is 5.20. The lowest BCUT2D eigenvalue weighted by Gasteiger charge is -1.92. The van der Waals surface area contributed by atoms with Gasteiger partial charge in [0, 0.05) is 23.6 Å². The molecular weight excluding hydrogens is 128 g/mol. The SMILES string of the molecule is N=Cc1cnncc1C=N. The standard InChI is InChI=1S/C6H6N4/c7-1-5-3-9-10-4-6(5)2-8/h1-4,7-8H. The second-order valence-electron chi connectivity index (χ2n) is 1.69. The number of aromatic nitrogens is 2. The smallest absolute Gasteiger partial charge is 0.0590 e. The van der Waals surface area contributed by atoms with Gasteiger partial charge in [0.05, 0.1) is 12.4 Å². The van der Waals surface area contributed by atoms with Crippen molar-refractivity contribution in [1.29, 1.82) is 10.8 Å². The zero-order valence-corrected chi connectivity index (χ0v) is 5.20. The molecule has 0 aliphatic carbocycles. The lowest BCUT2D eigenvalue weighted by Crippen LogP contribution is -1.93. The number of hydrogen-bond donors (Lipinski definition) is 2. The van der Waals surface area contributed by atoms with E-state index in [9.17, 15) is 0 Å². The predicted octanol–water partition coefficient (Wildman–Crippen LogP) is 0.472. The van der Waals surface area contributed by atoms with Crippen LogP contribution < -0.4 is 0 Å². The van der Waals surface area contributed by atoms with Crippen molar-refractivity contribution in [2.75, 3.05) is 0 Å². The first-order valence-corrected chi connectivity index (χ1v) is 2.70. The third-order valence-electron chi connectivity index (χ3n) is 1.10. The average Bonchev–Trinajstić information content (AvgIpc) is 2.04. The van der Waals surface area contributed by atoms with Crippen LogP contribution in [0.3, 0.4) is 0 Å². The minimum absolute atomic E-state index is 0.616. The van der Waals surface area contributed by atoms with Crippen LogP contribution in [0.4, 0.5) is 0 Å². The summed E-state index contributed by atoms with van der Waals surface area (Å²) in [5, 5.41) is 20.9. The van der Waals surface area contributed by atoms with Gasteiger partial charge < -0.3 is 10.8 Å². The highest BCUT2D eigenvalue weighted by Crippen LogP contribution is 1.96. The molecule has 1 heterocycles. The molecule has 0 fully saturated rings. The van der Waals surface area contributed by atoms with Crippen LogP contribution in [-0.4, -0.2) is 22.6 Å². The molecule has 0 unspecified atom stereocenters. The Balaban J connectivity index is 3.20. The monoisotopic (exact) mass is 134 g/mol. The van der Waals surface area contributed by atoms with Gasteiger partial charge in [-0.25, -0.2) is 0 Å². The summed E-state index contributed by atoms with van der Waals surface area (Å²) >= 11 is 0. The Bertz CT molecular complexity index is 229. The Morgan fingerprint density at radius 1 is 1.00 bits per heavy atom. The van der Waals surface area contributed by atoms with Crippen molar-refractivity contribution in [1.82, 2.24) is 10.2 Å². The Morgan fingerprint density at radius 2 is 1.40 bits per heavy atom. The maximum Gasteiger partial charge on any atom is 0.0590 e. The van der Waals surface area contributed by atoms with Gasteiger partial charge in [-0.1, -0.05) is 0 Å². The van der Waals surface area contributed by atoms with Crippen LogP contribution in [0.15, 0.2) is 12.4 Å². The quantitative estimate of drug-likeness (QED) is 0.577. The number of nitrogens with one attached hydrogen (secondary N) is 2. The van der Waals surface area contributed by atoms with Gasteiger partial charge in [-0.2, -0.15) is 10.2 Å². The molecule has 1 rings (SSSR count). The van der Waals surface area contributed by atoms with Crippen LogP contribution >= 0.6 is 0 Å². The summed E-state index contributed by atoms with van der Waals surface area (Å²) in [5.41, 5.74) is 1.23. The molecule has 1 aromatic rings. The average molecular weight is 134 g/mol. The number of hydrogen-bond acceptors (Lipinski definition) is 4. The third-order valence-corrected chi connectivity index (χ3v) is 1.10. The highest BCUT2D eigenvalue weighted by Gasteiger charge is 1.93. The Labute approximate surface area is 57.9 Å². The Hall–Kier alpha value is -1.58. The fraction of sp³-hybridized carbons (Fsp3) is 0. The van der Waals surface area contributed by atoms with Gasteiger partial charge in [0.15, 0.2) is 0 Å². The Kier molecular flexibility index (Phi) is 1.84. The molecular formula is C6H6N4. The van der Waals surface area contributed by atoms with Gasteiger partial charge in [-0.3, -0.25) is 0 Å². The third kappa shape index (κ3) is 1.05. The minimum Gasteiger partial charge on any atom is -0.308 e. The van der Waals surface area contributed by atoms with E-state index in [2.05, 4.69) is 10.2 Å². The van der Waals surface area contributed by atoms with Crippen LogP contribution in [0.1, 0.15) is 11.1 Å². The molecule has 0 saturated carbocycles. The molecule has 0 radical (unpaired) electrons. The highest BCUT2D eigenvalue weighted by molar-refractivity contribution is 5.91. The van der Waals surface area contributed by atoms with Crippen molar-refractivity contribution in [3.63, 3.8) is 0 Å². The molecule has 0 spiro atoms. The van der Waals surface area contributed by atoms with Crippen LogP contribution in [0.25, 0.3) is 0 Å². The van der Waals surface area contributed by atoms with Crippen LogP contribution in [0.5, 0.6) is 0 Å². The summed E-state index contributed by atoms with van der Waals surface area (Å²) in [6.07, 6.45) is 5.20. The molecule has 0 atom stereocenters.